The molecule has 0 bridgehead atoms. The Morgan fingerprint density at radius 1 is 0.492 bits per heavy atom. The molecule has 0 saturated carbocycles. The van der Waals surface area contributed by atoms with Gasteiger partial charge in [-0.2, -0.15) is 0 Å². The maximum absolute atomic E-state index is 5.02. The molecule has 0 amide bonds. The smallest absolute Gasteiger partial charge is 0.137 e. The number of hydrogen-bond acceptors (Lipinski definition) is 3. The van der Waals surface area contributed by atoms with Gasteiger partial charge in [0.15, 0.2) is 0 Å². The molecular formula is C57H58N4. The summed E-state index contributed by atoms with van der Waals surface area (Å²) >= 11 is 0. The minimum absolute atomic E-state index is 0.0390. The van der Waals surface area contributed by atoms with Crippen LogP contribution < -0.4 is 9.80 Å². The van der Waals surface area contributed by atoms with Crippen LogP contribution in [-0.2, 0) is 22.7 Å². The van der Waals surface area contributed by atoms with Crippen LogP contribution >= 0.6 is 0 Å². The van der Waals surface area contributed by atoms with E-state index in [9.17, 15) is 0 Å². The number of aromatic nitrogens is 2. The molecule has 1 aliphatic rings. The monoisotopic (exact) mass is 798 g/mol. The standard InChI is InChI=1S/C57H58N4/c1-40(2)32-41-28-29-58-54(33-41)61-52-25-16-15-24-50(52)51-27-26-45(38-53(51)61)57(42-18-11-9-12-19-42,43-20-13-10-14-21-43)44-22-17-23-48(35-44)59-30-31-60(39-59)49-36-46(55(3,4)5)34-47(37-49)56(6,7)8/h9-31,33-38,40H,32,39H2,1-8H3. The summed E-state index contributed by atoms with van der Waals surface area (Å²) in [5, 5.41) is 2.44. The summed E-state index contributed by atoms with van der Waals surface area (Å²) in [5.74, 6) is 1.50. The van der Waals surface area contributed by atoms with Crippen molar-refractivity contribution >= 4 is 33.2 Å². The van der Waals surface area contributed by atoms with E-state index in [2.05, 4.69) is 240 Å². The van der Waals surface area contributed by atoms with Crippen LogP contribution in [0, 0.1) is 5.92 Å². The van der Waals surface area contributed by atoms with Gasteiger partial charge in [-0.25, -0.2) is 4.98 Å². The summed E-state index contributed by atoms with van der Waals surface area (Å²) in [5.41, 5.74) is 12.9. The molecule has 0 radical (unpaired) electrons. The summed E-state index contributed by atoms with van der Waals surface area (Å²) in [6, 6.07) is 58.8. The minimum Gasteiger partial charge on any atom is -0.328 e. The Kier molecular flexibility index (Phi) is 10.2. The molecule has 4 heteroatoms. The molecule has 0 aliphatic carbocycles. The van der Waals surface area contributed by atoms with Gasteiger partial charge in [-0.1, -0.05) is 165 Å². The highest BCUT2D eigenvalue weighted by Crippen LogP contribution is 2.48. The molecule has 306 valence electrons. The van der Waals surface area contributed by atoms with Crippen molar-refractivity contribution in [3.05, 3.63) is 215 Å². The number of benzene rings is 6. The lowest BCUT2D eigenvalue weighted by Gasteiger charge is -2.37. The van der Waals surface area contributed by atoms with E-state index in [1.165, 1.54) is 55.4 Å². The zero-order valence-electron chi connectivity index (χ0n) is 37.0. The lowest BCUT2D eigenvalue weighted by Crippen LogP contribution is -2.31. The summed E-state index contributed by atoms with van der Waals surface area (Å²) in [6.45, 7) is 19.1. The Morgan fingerprint density at radius 3 is 1.69 bits per heavy atom. The highest BCUT2D eigenvalue weighted by molar-refractivity contribution is 6.09. The van der Waals surface area contributed by atoms with Crippen LogP contribution in [0.3, 0.4) is 0 Å². The van der Waals surface area contributed by atoms with Crippen molar-refractivity contribution in [2.24, 2.45) is 5.92 Å². The Labute approximate surface area is 362 Å². The van der Waals surface area contributed by atoms with E-state index >= 15 is 0 Å². The molecule has 1 aliphatic heterocycles. The van der Waals surface area contributed by atoms with Crippen molar-refractivity contribution in [3.63, 3.8) is 0 Å². The van der Waals surface area contributed by atoms with Gasteiger partial charge in [0.1, 0.15) is 5.82 Å². The Hall–Kier alpha value is -6.39. The second-order valence-electron chi connectivity index (χ2n) is 19.4. The number of anilines is 2. The molecular weight excluding hydrogens is 741 g/mol. The highest BCUT2D eigenvalue weighted by atomic mass is 15.3. The van der Waals surface area contributed by atoms with Crippen LogP contribution in [0.15, 0.2) is 176 Å². The number of hydrogen-bond donors (Lipinski definition) is 0. The van der Waals surface area contributed by atoms with E-state index in [0.717, 1.165) is 35.6 Å². The maximum atomic E-state index is 5.02. The fraction of sp³-hybridized carbons (Fsp3) is 0.246. The molecule has 2 aromatic heterocycles. The first kappa shape index (κ1) is 40.0. The predicted molar refractivity (Wildman–Crippen MR) is 258 cm³/mol. The highest BCUT2D eigenvalue weighted by Gasteiger charge is 2.39. The van der Waals surface area contributed by atoms with Crippen molar-refractivity contribution < 1.29 is 0 Å². The van der Waals surface area contributed by atoms with Crippen LogP contribution in [0.25, 0.3) is 27.6 Å². The van der Waals surface area contributed by atoms with E-state index in [-0.39, 0.29) is 10.8 Å². The van der Waals surface area contributed by atoms with Crippen LogP contribution in [0.2, 0.25) is 0 Å². The van der Waals surface area contributed by atoms with E-state index in [1.54, 1.807) is 0 Å². The van der Waals surface area contributed by atoms with Gasteiger partial charge in [0.2, 0.25) is 0 Å². The topological polar surface area (TPSA) is 24.3 Å². The van der Waals surface area contributed by atoms with E-state index in [1.807, 2.05) is 6.20 Å². The molecule has 8 aromatic rings. The lowest BCUT2D eigenvalue weighted by atomic mass is 9.65. The molecule has 61 heavy (non-hydrogen) atoms. The van der Waals surface area contributed by atoms with Gasteiger partial charge in [0.25, 0.3) is 0 Å². The molecule has 4 nitrogen and oxygen atoms in total. The second kappa shape index (κ2) is 15.6. The molecule has 0 fully saturated rings. The third-order valence-electron chi connectivity index (χ3n) is 12.5. The summed E-state index contributed by atoms with van der Waals surface area (Å²) in [6.07, 6.45) is 7.45. The van der Waals surface area contributed by atoms with Crippen LogP contribution in [0.1, 0.15) is 94.3 Å². The number of rotatable bonds is 9. The number of pyridine rings is 1. The minimum atomic E-state index is -0.646. The van der Waals surface area contributed by atoms with Gasteiger partial charge >= 0.3 is 0 Å². The number of nitrogens with zero attached hydrogens (tertiary/aromatic N) is 4. The fourth-order valence-electron chi connectivity index (χ4n) is 9.32. The molecule has 0 N–H and O–H groups in total. The SMILES string of the molecule is CC(C)Cc1ccnc(-n2c3ccccc3c3ccc(C(c4ccccc4)(c4ccccc4)c4cccc(N5C=CN(c6cc(C(C)(C)C)cc(C(C)(C)C)c6)C5)c4)cc32)c1. The second-order valence-corrected chi connectivity index (χ2v) is 19.4. The molecule has 3 heterocycles. The van der Waals surface area contributed by atoms with Gasteiger partial charge in [-0.05, 0) is 111 Å². The van der Waals surface area contributed by atoms with Crippen LogP contribution in [0.4, 0.5) is 11.4 Å². The third-order valence-corrected chi connectivity index (χ3v) is 12.5. The Balaban J connectivity index is 1.22. The summed E-state index contributed by atoms with van der Waals surface area (Å²) in [4.78, 5) is 9.78. The van der Waals surface area contributed by atoms with Crippen molar-refractivity contribution in [3.8, 4) is 5.82 Å². The zero-order chi connectivity index (χ0) is 42.5. The van der Waals surface area contributed by atoms with Crippen molar-refractivity contribution in [1.82, 2.24) is 9.55 Å². The molecule has 9 rings (SSSR count). The Morgan fingerprint density at radius 2 is 1.05 bits per heavy atom. The van der Waals surface area contributed by atoms with Crippen molar-refractivity contribution in [1.29, 1.82) is 0 Å². The lowest BCUT2D eigenvalue weighted by molar-refractivity contribution is 0.568. The normalized spacial score (nSPS) is 13.6. The zero-order valence-corrected chi connectivity index (χ0v) is 37.0. The molecule has 0 saturated heterocycles. The average molecular weight is 799 g/mol. The predicted octanol–water partition coefficient (Wildman–Crippen LogP) is 14.1. The average Bonchev–Trinajstić information content (AvgIpc) is 3.88. The van der Waals surface area contributed by atoms with E-state index in [0.29, 0.717) is 5.92 Å². The number of para-hydroxylation sites is 1. The summed E-state index contributed by atoms with van der Waals surface area (Å²) < 4.78 is 2.37. The van der Waals surface area contributed by atoms with Crippen molar-refractivity contribution in [2.45, 2.75) is 78.1 Å². The largest absolute Gasteiger partial charge is 0.328 e. The Bertz CT molecular complexity index is 2800. The summed E-state index contributed by atoms with van der Waals surface area (Å²) in [7, 11) is 0. The first-order chi connectivity index (χ1) is 29.3. The van der Waals surface area contributed by atoms with Crippen LogP contribution in [0.5, 0.6) is 0 Å². The van der Waals surface area contributed by atoms with Gasteiger partial charge in [-0.15, -0.1) is 0 Å². The van der Waals surface area contributed by atoms with Gasteiger partial charge < -0.3 is 9.80 Å². The first-order valence-corrected chi connectivity index (χ1v) is 21.9. The maximum Gasteiger partial charge on any atom is 0.137 e. The van der Waals surface area contributed by atoms with Gasteiger partial charge in [0, 0.05) is 40.7 Å². The van der Waals surface area contributed by atoms with Crippen molar-refractivity contribution in [2.75, 3.05) is 16.5 Å². The third kappa shape index (κ3) is 7.43. The van der Waals surface area contributed by atoms with Crippen LogP contribution in [-0.4, -0.2) is 16.2 Å². The quantitative estimate of drug-likeness (QED) is 0.136. The molecule has 6 aromatic carbocycles. The fourth-order valence-corrected chi connectivity index (χ4v) is 9.32. The van der Waals surface area contributed by atoms with Gasteiger partial charge in [0.05, 0.1) is 23.1 Å². The van der Waals surface area contributed by atoms with E-state index in [4.69, 9.17) is 4.98 Å². The number of fused-ring (bicyclic) bond motifs is 3. The molecule has 0 atom stereocenters. The molecule has 0 unspecified atom stereocenters. The first-order valence-electron chi connectivity index (χ1n) is 21.9. The van der Waals surface area contributed by atoms with E-state index < -0.39 is 5.41 Å². The van der Waals surface area contributed by atoms with Gasteiger partial charge in [-0.3, -0.25) is 4.57 Å². The molecule has 0 spiro atoms.